The molecule has 0 spiro atoms. The van der Waals surface area contributed by atoms with Crippen LogP contribution in [0, 0.1) is 4.91 Å². The van der Waals surface area contributed by atoms with E-state index in [2.05, 4.69) is 5.18 Å². The quantitative estimate of drug-likeness (QED) is 0.613. The summed E-state index contributed by atoms with van der Waals surface area (Å²) >= 11 is 0. The van der Waals surface area contributed by atoms with E-state index in [9.17, 15) is 14.5 Å². The summed E-state index contributed by atoms with van der Waals surface area (Å²) in [5.41, 5.74) is -0.0959. The first-order valence-electron chi connectivity index (χ1n) is 5.24. The Morgan fingerprint density at radius 3 is 2.83 bits per heavy atom. The maximum Gasteiger partial charge on any atom is 0.374 e. The number of hydrogen-bond acceptors (Lipinski definition) is 6. The maximum absolute atomic E-state index is 11.8. The summed E-state index contributed by atoms with van der Waals surface area (Å²) in [5, 5.41) is 2.92. The molecule has 0 N–H and O–H groups in total. The molecule has 1 aromatic carbocycles. The van der Waals surface area contributed by atoms with Crippen molar-refractivity contribution in [3.05, 3.63) is 45.2 Å². The largest absolute Gasteiger partial charge is 0.460 e. The van der Waals surface area contributed by atoms with Crippen LogP contribution in [-0.2, 0) is 4.74 Å². The number of ether oxygens (including phenoxy) is 1. The summed E-state index contributed by atoms with van der Waals surface area (Å²) < 4.78 is 9.97. The summed E-state index contributed by atoms with van der Waals surface area (Å²) in [6, 6.07) is 5.15. The summed E-state index contributed by atoms with van der Waals surface area (Å²) in [6.45, 7) is 1.84. The van der Waals surface area contributed by atoms with Gasteiger partial charge in [0, 0.05) is 6.07 Å². The van der Waals surface area contributed by atoms with E-state index >= 15 is 0 Å². The molecule has 18 heavy (non-hydrogen) atoms. The van der Waals surface area contributed by atoms with Crippen LogP contribution in [0.3, 0.4) is 0 Å². The molecule has 0 atom stereocenters. The Morgan fingerprint density at radius 1 is 1.39 bits per heavy atom. The van der Waals surface area contributed by atoms with Crippen LogP contribution in [0.4, 0.5) is 5.69 Å². The maximum atomic E-state index is 11.8. The van der Waals surface area contributed by atoms with Crippen LogP contribution < -0.4 is 5.43 Å². The smallest absolute Gasteiger partial charge is 0.374 e. The minimum Gasteiger partial charge on any atom is -0.460 e. The van der Waals surface area contributed by atoms with Gasteiger partial charge in [0.05, 0.1) is 12.0 Å². The number of esters is 1. The van der Waals surface area contributed by atoms with E-state index in [1.807, 2.05) is 0 Å². The van der Waals surface area contributed by atoms with E-state index in [4.69, 9.17) is 9.15 Å². The van der Waals surface area contributed by atoms with Crippen LogP contribution in [-0.4, -0.2) is 12.6 Å². The number of rotatable bonds is 3. The van der Waals surface area contributed by atoms with Crippen molar-refractivity contribution in [1.29, 1.82) is 0 Å². The van der Waals surface area contributed by atoms with E-state index in [1.165, 1.54) is 18.2 Å². The highest BCUT2D eigenvalue weighted by molar-refractivity contribution is 5.89. The van der Waals surface area contributed by atoms with Crippen molar-refractivity contribution in [2.24, 2.45) is 5.18 Å². The molecule has 0 saturated heterocycles. The van der Waals surface area contributed by atoms with Gasteiger partial charge in [0.25, 0.3) is 0 Å². The summed E-state index contributed by atoms with van der Waals surface area (Å²) in [5.74, 6) is -0.866. The van der Waals surface area contributed by atoms with Gasteiger partial charge in [-0.3, -0.25) is 4.79 Å². The first-order chi connectivity index (χ1) is 8.65. The predicted molar refractivity (Wildman–Crippen MR) is 63.9 cm³/mol. The van der Waals surface area contributed by atoms with Gasteiger partial charge in [0.15, 0.2) is 5.43 Å². The number of nitroso groups, excluding NO2 is 1. The van der Waals surface area contributed by atoms with Gasteiger partial charge < -0.3 is 9.15 Å². The molecule has 2 rings (SSSR count). The summed E-state index contributed by atoms with van der Waals surface area (Å²) in [7, 11) is 0. The first kappa shape index (κ1) is 12.0. The molecule has 2 aromatic rings. The Labute approximate surface area is 101 Å². The third-order valence-corrected chi connectivity index (χ3v) is 2.29. The fourth-order valence-electron chi connectivity index (χ4n) is 1.50. The minimum absolute atomic E-state index is 0.124. The lowest BCUT2D eigenvalue weighted by atomic mass is 10.2. The van der Waals surface area contributed by atoms with Crippen molar-refractivity contribution in [3.8, 4) is 0 Å². The number of hydrogen-bond donors (Lipinski definition) is 0. The molecule has 0 amide bonds. The molecule has 0 aliphatic rings. The number of nitrogens with zero attached hydrogens (tertiary/aromatic N) is 1. The van der Waals surface area contributed by atoms with Crippen LogP contribution in [0.25, 0.3) is 11.0 Å². The molecule has 0 aliphatic heterocycles. The molecule has 1 heterocycles. The molecule has 1 aromatic heterocycles. The van der Waals surface area contributed by atoms with E-state index < -0.39 is 11.4 Å². The zero-order valence-corrected chi connectivity index (χ0v) is 9.50. The average Bonchev–Trinajstić information content (AvgIpc) is 2.38. The number of fused-ring (bicyclic) bond motifs is 1. The Morgan fingerprint density at radius 2 is 2.17 bits per heavy atom. The number of benzene rings is 1. The fraction of sp³-hybridized carbons (Fsp3) is 0.167. The first-order valence-corrected chi connectivity index (χ1v) is 5.24. The number of carbonyl (C=O) groups is 1. The molecule has 92 valence electrons. The van der Waals surface area contributed by atoms with Crippen molar-refractivity contribution in [3.63, 3.8) is 0 Å². The van der Waals surface area contributed by atoms with Crippen LogP contribution in [0.2, 0.25) is 0 Å². The second kappa shape index (κ2) is 4.79. The predicted octanol–water partition coefficient (Wildman–Crippen LogP) is 2.37. The zero-order valence-electron chi connectivity index (χ0n) is 9.50. The van der Waals surface area contributed by atoms with Gasteiger partial charge in [-0.25, -0.2) is 4.79 Å². The van der Waals surface area contributed by atoms with E-state index in [0.717, 1.165) is 6.07 Å². The molecule has 0 radical (unpaired) electrons. The lowest BCUT2D eigenvalue weighted by molar-refractivity contribution is 0.0490. The Balaban J connectivity index is 2.60. The van der Waals surface area contributed by atoms with Gasteiger partial charge in [-0.1, -0.05) is 0 Å². The Hall–Kier alpha value is -2.50. The molecule has 6 heteroatoms. The summed E-state index contributed by atoms with van der Waals surface area (Å²) in [4.78, 5) is 33.6. The van der Waals surface area contributed by atoms with Gasteiger partial charge in [-0.2, -0.15) is 0 Å². The molecular weight excluding hydrogens is 238 g/mol. The monoisotopic (exact) mass is 247 g/mol. The molecule has 0 saturated carbocycles. The van der Waals surface area contributed by atoms with Crippen molar-refractivity contribution >= 4 is 22.6 Å². The third-order valence-electron chi connectivity index (χ3n) is 2.29. The normalized spacial score (nSPS) is 10.3. The molecular formula is C12H9NO5. The van der Waals surface area contributed by atoms with E-state index in [1.54, 1.807) is 6.92 Å². The van der Waals surface area contributed by atoms with Gasteiger partial charge in [-0.15, -0.1) is 4.91 Å². The van der Waals surface area contributed by atoms with E-state index in [-0.39, 0.29) is 29.0 Å². The van der Waals surface area contributed by atoms with Crippen LogP contribution >= 0.6 is 0 Å². The Bertz CT molecular complexity index is 674. The molecule has 6 nitrogen and oxygen atoms in total. The third kappa shape index (κ3) is 2.13. The van der Waals surface area contributed by atoms with Gasteiger partial charge >= 0.3 is 5.97 Å². The van der Waals surface area contributed by atoms with E-state index in [0.29, 0.717) is 0 Å². The van der Waals surface area contributed by atoms with Crippen molar-refractivity contribution in [2.75, 3.05) is 6.61 Å². The van der Waals surface area contributed by atoms with Crippen LogP contribution in [0.5, 0.6) is 0 Å². The lowest BCUT2D eigenvalue weighted by Crippen LogP contribution is -2.09. The molecule has 0 aliphatic carbocycles. The highest BCUT2D eigenvalue weighted by Crippen LogP contribution is 2.19. The lowest BCUT2D eigenvalue weighted by Gasteiger charge is -2.02. The van der Waals surface area contributed by atoms with Gasteiger partial charge in [-0.05, 0) is 30.3 Å². The highest BCUT2D eigenvalue weighted by atomic mass is 16.5. The van der Waals surface area contributed by atoms with Crippen molar-refractivity contribution < 1.29 is 13.9 Å². The summed E-state index contributed by atoms with van der Waals surface area (Å²) in [6.07, 6.45) is 0. The minimum atomic E-state index is -0.700. The topological polar surface area (TPSA) is 85.9 Å². The van der Waals surface area contributed by atoms with Crippen LogP contribution in [0.1, 0.15) is 17.5 Å². The van der Waals surface area contributed by atoms with Crippen LogP contribution in [0.15, 0.2) is 38.7 Å². The molecule has 0 bridgehead atoms. The number of carbonyl (C=O) groups excluding carboxylic acids is 1. The SMILES string of the molecule is CCOC(=O)c1cc(=O)c2cc(N=O)ccc2o1. The average molecular weight is 247 g/mol. The fourth-order valence-corrected chi connectivity index (χ4v) is 1.50. The van der Waals surface area contributed by atoms with Gasteiger partial charge in [0.2, 0.25) is 5.76 Å². The van der Waals surface area contributed by atoms with Gasteiger partial charge in [0.1, 0.15) is 11.3 Å². The van der Waals surface area contributed by atoms with Crippen molar-refractivity contribution in [2.45, 2.75) is 6.92 Å². The zero-order chi connectivity index (χ0) is 13.1. The molecule has 0 unspecified atom stereocenters. The highest BCUT2D eigenvalue weighted by Gasteiger charge is 2.13. The van der Waals surface area contributed by atoms with Crippen molar-refractivity contribution in [1.82, 2.24) is 0 Å². The molecule has 0 fully saturated rings. The second-order valence-corrected chi connectivity index (χ2v) is 3.47. The Kier molecular flexibility index (Phi) is 3.18. The second-order valence-electron chi connectivity index (χ2n) is 3.47. The standard InChI is InChI=1S/C12H9NO5/c1-2-17-12(15)11-6-9(14)8-5-7(13-16)3-4-10(8)18-11/h3-6H,2H2,1H3.